The Balaban J connectivity index is 1.61. The molecule has 1 atom stereocenters. The summed E-state index contributed by atoms with van der Waals surface area (Å²) in [6.07, 6.45) is 12.7. The smallest absolute Gasteiger partial charge is 0.0622 e. The van der Waals surface area contributed by atoms with Crippen molar-refractivity contribution in [2.75, 3.05) is 20.3 Å². The van der Waals surface area contributed by atoms with Gasteiger partial charge >= 0.3 is 0 Å². The first-order chi connectivity index (χ1) is 8.40. The van der Waals surface area contributed by atoms with Crippen molar-refractivity contribution in [2.45, 2.75) is 63.8 Å². The summed E-state index contributed by atoms with van der Waals surface area (Å²) in [6, 6.07) is 0.598. The highest BCUT2D eigenvalue weighted by Crippen LogP contribution is 2.28. The molecule has 2 nitrogen and oxygen atoms in total. The molecule has 0 heterocycles. The number of ether oxygens (including phenoxy) is 1. The van der Waals surface area contributed by atoms with Crippen LogP contribution in [0.4, 0.5) is 0 Å². The zero-order chi connectivity index (χ0) is 11.9. The molecule has 0 spiro atoms. The third kappa shape index (κ3) is 4.26. The standard InChI is InChI=1S/C15H29NO/c1-16-15(14-9-5-6-10-14)12-17-11-13-7-3-2-4-8-13/h13-16H,2-12H2,1H3. The predicted octanol–water partition coefficient (Wildman–Crippen LogP) is 3.36. The van der Waals surface area contributed by atoms with E-state index in [-0.39, 0.29) is 0 Å². The summed E-state index contributed by atoms with van der Waals surface area (Å²) in [6.45, 7) is 1.93. The van der Waals surface area contributed by atoms with Crippen LogP contribution in [-0.4, -0.2) is 26.3 Å². The average molecular weight is 239 g/mol. The first-order valence-corrected chi connectivity index (χ1v) is 7.65. The van der Waals surface area contributed by atoms with Gasteiger partial charge in [0.15, 0.2) is 0 Å². The van der Waals surface area contributed by atoms with Crippen molar-refractivity contribution in [3.8, 4) is 0 Å². The summed E-state index contributed by atoms with van der Waals surface area (Å²) in [5.41, 5.74) is 0. The Morgan fingerprint density at radius 1 is 1.00 bits per heavy atom. The number of likely N-dealkylation sites (N-methyl/N-ethyl adjacent to an activating group) is 1. The van der Waals surface area contributed by atoms with E-state index >= 15 is 0 Å². The van der Waals surface area contributed by atoms with E-state index in [0.717, 1.165) is 25.0 Å². The third-order valence-electron chi connectivity index (χ3n) is 4.72. The molecule has 0 aromatic heterocycles. The Bertz CT molecular complexity index is 195. The predicted molar refractivity (Wildman–Crippen MR) is 72.2 cm³/mol. The molecule has 1 unspecified atom stereocenters. The summed E-state index contributed by atoms with van der Waals surface area (Å²) in [4.78, 5) is 0. The number of hydrogen-bond donors (Lipinski definition) is 1. The van der Waals surface area contributed by atoms with Gasteiger partial charge < -0.3 is 10.1 Å². The molecule has 0 saturated heterocycles. The second kappa shape index (κ2) is 7.38. The van der Waals surface area contributed by atoms with Crippen LogP contribution in [-0.2, 0) is 4.74 Å². The van der Waals surface area contributed by atoms with Gasteiger partial charge in [0.2, 0.25) is 0 Å². The van der Waals surface area contributed by atoms with Gasteiger partial charge in [0, 0.05) is 12.6 Å². The van der Waals surface area contributed by atoms with Gasteiger partial charge in [0.1, 0.15) is 0 Å². The van der Waals surface area contributed by atoms with Gasteiger partial charge in [-0.05, 0) is 44.6 Å². The fourth-order valence-electron chi connectivity index (χ4n) is 3.53. The maximum absolute atomic E-state index is 5.98. The van der Waals surface area contributed by atoms with Crippen LogP contribution in [0.2, 0.25) is 0 Å². The highest BCUT2D eigenvalue weighted by molar-refractivity contribution is 4.79. The van der Waals surface area contributed by atoms with Gasteiger partial charge in [-0.3, -0.25) is 0 Å². The van der Waals surface area contributed by atoms with Crippen molar-refractivity contribution < 1.29 is 4.74 Å². The molecule has 100 valence electrons. The Kier molecular flexibility index (Phi) is 5.79. The monoisotopic (exact) mass is 239 g/mol. The maximum Gasteiger partial charge on any atom is 0.0622 e. The van der Waals surface area contributed by atoms with Gasteiger partial charge in [0.05, 0.1) is 6.61 Å². The fraction of sp³-hybridized carbons (Fsp3) is 1.00. The second-order valence-electron chi connectivity index (χ2n) is 5.98. The van der Waals surface area contributed by atoms with Gasteiger partial charge in [-0.15, -0.1) is 0 Å². The Morgan fingerprint density at radius 2 is 1.65 bits per heavy atom. The van der Waals surface area contributed by atoms with Crippen molar-refractivity contribution in [2.24, 2.45) is 11.8 Å². The average Bonchev–Trinajstić information content (AvgIpc) is 2.90. The molecule has 2 heteroatoms. The van der Waals surface area contributed by atoms with Crippen molar-refractivity contribution in [1.82, 2.24) is 5.32 Å². The summed E-state index contributed by atoms with van der Waals surface area (Å²) >= 11 is 0. The Labute approximate surface area is 107 Å². The zero-order valence-electron chi connectivity index (χ0n) is 11.4. The first-order valence-electron chi connectivity index (χ1n) is 7.65. The highest BCUT2D eigenvalue weighted by atomic mass is 16.5. The molecule has 0 aliphatic heterocycles. The first kappa shape index (κ1) is 13.4. The van der Waals surface area contributed by atoms with Crippen LogP contribution in [0.5, 0.6) is 0 Å². The fourth-order valence-corrected chi connectivity index (χ4v) is 3.53. The molecule has 0 aromatic carbocycles. The van der Waals surface area contributed by atoms with Gasteiger partial charge in [-0.2, -0.15) is 0 Å². The summed E-state index contributed by atoms with van der Waals surface area (Å²) in [5, 5.41) is 3.46. The van der Waals surface area contributed by atoms with E-state index in [0.29, 0.717) is 6.04 Å². The van der Waals surface area contributed by atoms with Crippen LogP contribution in [0.1, 0.15) is 57.8 Å². The number of rotatable bonds is 6. The Hall–Kier alpha value is -0.0800. The van der Waals surface area contributed by atoms with Crippen LogP contribution in [0.25, 0.3) is 0 Å². The molecule has 0 radical (unpaired) electrons. The molecule has 0 bridgehead atoms. The molecular weight excluding hydrogens is 210 g/mol. The topological polar surface area (TPSA) is 21.3 Å². The molecule has 0 aromatic rings. The van der Waals surface area contributed by atoms with Crippen molar-refractivity contribution >= 4 is 0 Å². The molecular formula is C15H29NO. The number of hydrogen-bond acceptors (Lipinski definition) is 2. The molecule has 1 N–H and O–H groups in total. The van der Waals surface area contributed by atoms with Gasteiger partial charge in [0.25, 0.3) is 0 Å². The normalized spacial score (nSPS) is 25.2. The lowest BCUT2D eigenvalue weighted by Crippen LogP contribution is -2.37. The van der Waals surface area contributed by atoms with Crippen LogP contribution < -0.4 is 5.32 Å². The largest absolute Gasteiger partial charge is 0.380 e. The SMILES string of the molecule is CNC(COCC1CCCCC1)C1CCCC1. The summed E-state index contributed by atoms with van der Waals surface area (Å²) in [5.74, 6) is 1.72. The van der Waals surface area contributed by atoms with Crippen LogP contribution >= 0.6 is 0 Å². The summed E-state index contributed by atoms with van der Waals surface area (Å²) < 4.78 is 5.98. The number of nitrogens with one attached hydrogen (secondary N) is 1. The molecule has 2 aliphatic rings. The quantitative estimate of drug-likeness (QED) is 0.767. The van der Waals surface area contributed by atoms with Crippen molar-refractivity contribution in [3.63, 3.8) is 0 Å². The van der Waals surface area contributed by atoms with E-state index in [2.05, 4.69) is 12.4 Å². The van der Waals surface area contributed by atoms with Crippen molar-refractivity contribution in [3.05, 3.63) is 0 Å². The maximum atomic E-state index is 5.98. The van der Waals surface area contributed by atoms with E-state index in [1.165, 1.54) is 57.8 Å². The minimum atomic E-state index is 0.598. The molecule has 2 rings (SSSR count). The third-order valence-corrected chi connectivity index (χ3v) is 4.72. The van der Waals surface area contributed by atoms with Crippen LogP contribution in [0, 0.1) is 11.8 Å². The second-order valence-corrected chi connectivity index (χ2v) is 5.98. The minimum absolute atomic E-state index is 0.598. The van der Waals surface area contributed by atoms with E-state index in [1.54, 1.807) is 0 Å². The lowest BCUT2D eigenvalue weighted by atomic mass is 9.90. The van der Waals surface area contributed by atoms with E-state index in [4.69, 9.17) is 4.74 Å². The van der Waals surface area contributed by atoms with Gasteiger partial charge in [-0.25, -0.2) is 0 Å². The van der Waals surface area contributed by atoms with E-state index in [1.807, 2.05) is 0 Å². The molecule has 2 fully saturated rings. The lowest BCUT2D eigenvalue weighted by molar-refractivity contribution is 0.0594. The van der Waals surface area contributed by atoms with E-state index < -0.39 is 0 Å². The Morgan fingerprint density at radius 3 is 2.29 bits per heavy atom. The minimum Gasteiger partial charge on any atom is -0.380 e. The van der Waals surface area contributed by atoms with Gasteiger partial charge in [-0.1, -0.05) is 32.1 Å². The highest BCUT2D eigenvalue weighted by Gasteiger charge is 2.24. The molecule has 17 heavy (non-hydrogen) atoms. The lowest BCUT2D eigenvalue weighted by Gasteiger charge is -2.25. The summed E-state index contributed by atoms with van der Waals surface area (Å²) in [7, 11) is 2.09. The van der Waals surface area contributed by atoms with E-state index in [9.17, 15) is 0 Å². The molecule has 2 aliphatic carbocycles. The molecule has 2 saturated carbocycles. The van der Waals surface area contributed by atoms with Crippen LogP contribution in [0.15, 0.2) is 0 Å². The molecule has 0 amide bonds. The van der Waals surface area contributed by atoms with Crippen molar-refractivity contribution in [1.29, 1.82) is 0 Å². The van der Waals surface area contributed by atoms with Crippen LogP contribution in [0.3, 0.4) is 0 Å². The zero-order valence-corrected chi connectivity index (χ0v) is 11.4.